The van der Waals surface area contributed by atoms with Crippen LogP contribution in [0.4, 0.5) is 0 Å². The number of hydrogen-bond acceptors (Lipinski definition) is 3. The van der Waals surface area contributed by atoms with Gasteiger partial charge in [-0.3, -0.25) is 9.69 Å². The van der Waals surface area contributed by atoms with Gasteiger partial charge in [0, 0.05) is 25.0 Å². The summed E-state index contributed by atoms with van der Waals surface area (Å²) in [6.45, 7) is 4.02. The molecule has 1 heterocycles. The van der Waals surface area contributed by atoms with Crippen LogP contribution in [-0.2, 0) is 17.9 Å². The number of carbonyl (C=O) groups is 1. The second kappa shape index (κ2) is 9.35. The molecule has 0 aromatic heterocycles. The Hall–Kier alpha value is -1.39. The third kappa shape index (κ3) is 5.55. The summed E-state index contributed by atoms with van der Waals surface area (Å²) in [6, 6.07) is 8.74. The van der Waals surface area contributed by atoms with E-state index >= 15 is 0 Å². The van der Waals surface area contributed by atoms with Crippen molar-refractivity contribution in [3.8, 4) is 0 Å². The minimum atomic E-state index is 0.0986. The molecule has 0 spiro atoms. The number of likely N-dealkylation sites (tertiary alicyclic amines) is 1. The number of benzene rings is 1. The number of nitrogens with one attached hydrogen (secondary N) is 1. The van der Waals surface area contributed by atoms with Crippen LogP contribution in [0, 0.1) is 5.92 Å². The third-order valence-electron chi connectivity index (χ3n) is 5.75. The number of rotatable bonds is 5. The summed E-state index contributed by atoms with van der Waals surface area (Å²) in [5.74, 6) is 0.279. The van der Waals surface area contributed by atoms with Gasteiger partial charge in [-0.1, -0.05) is 43.5 Å². The molecule has 1 aromatic rings. The average Bonchev–Trinajstić information content (AvgIpc) is 2.89. The Labute approximate surface area is 152 Å². The van der Waals surface area contributed by atoms with Crippen LogP contribution in [0.3, 0.4) is 0 Å². The van der Waals surface area contributed by atoms with Gasteiger partial charge in [-0.25, -0.2) is 0 Å². The van der Waals surface area contributed by atoms with Gasteiger partial charge in [0.15, 0.2) is 0 Å². The molecule has 138 valence electrons. The van der Waals surface area contributed by atoms with Gasteiger partial charge in [0.05, 0.1) is 0 Å². The van der Waals surface area contributed by atoms with Gasteiger partial charge in [0.2, 0.25) is 5.91 Å². The van der Waals surface area contributed by atoms with Gasteiger partial charge < -0.3 is 11.1 Å². The van der Waals surface area contributed by atoms with Gasteiger partial charge in [-0.15, -0.1) is 0 Å². The number of nitrogens with two attached hydrogens (primary N) is 1. The third-order valence-corrected chi connectivity index (χ3v) is 5.75. The van der Waals surface area contributed by atoms with E-state index in [2.05, 4.69) is 34.5 Å². The molecule has 1 aromatic carbocycles. The highest BCUT2D eigenvalue weighted by Gasteiger charge is 2.25. The summed E-state index contributed by atoms with van der Waals surface area (Å²) in [5, 5.41) is 3.17. The maximum Gasteiger partial charge on any atom is 0.223 e. The lowest BCUT2D eigenvalue weighted by molar-refractivity contribution is -0.126. The average molecular weight is 344 g/mol. The highest BCUT2D eigenvalue weighted by Crippen LogP contribution is 2.23. The van der Waals surface area contributed by atoms with Gasteiger partial charge in [-0.05, 0) is 56.3 Å². The van der Waals surface area contributed by atoms with Crippen LogP contribution >= 0.6 is 0 Å². The molecular formula is C21H33N3O. The predicted molar refractivity (Wildman–Crippen MR) is 102 cm³/mol. The molecule has 2 unspecified atom stereocenters. The Morgan fingerprint density at radius 1 is 1.04 bits per heavy atom. The van der Waals surface area contributed by atoms with Crippen LogP contribution < -0.4 is 11.1 Å². The van der Waals surface area contributed by atoms with Crippen molar-refractivity contribution < 1.29 is 4.79 Å². The number of amides is 1. The molecule has 2 atom stereocenters. The standard InChI is InChI=1S/C21H33N3O/c22-20-11-7-10-17(14-20)21(25)23-15-18-8-3-4-9-19(18)16-24-12-5-1-2-6-13-24/h3-4,8-9,17,20H,1-2,5-7,10-16,22H2,(H,23,25). The summed E-state index contributed by atoms with van der Waals surface area (Å²) in [5.41, 5.74) is 8.63. The molecule has 4 heteroatoms. The molecule has 1 amide bonds. The topological polar surface area (TPSA) is 58.4 Å². The summed E-state index contributed by atoms with van der Waals surface area (Å²) < 4.78 is 0. The highest BCUT2D eigenvalue weighted by atomic mass is 16.1. The zero-order valence-electron chi connectivity index (χ0n) is 15.4. The largest absolute Gasteiger partial charge is 0.352 e. The maximum absolute atomic E-state index is 12.5. The molecule has 1 saturated heterocycles. The Morgan fingerprint density at radius 2 is 1.76 bits per heavy atom. The molecule has 1 aliphatic carbocycles. The van der Waals surface area contributed by atoms with Crippen LogP contribution in [0.5, 0.6) is 0 Å². The molecule has 3 rings (SSSR count). The smallest absolute Gasteiger partial charge is 0.223 e. The van der Waals surface area contributed by atoms with E-state index in [1.165, 1.54) is 49.9 Å². The van der Waals surface area contributed by atoms with Gasteiger partial charge in [-0.2, -0.15) is 0 Å². The predicted octanol–water partition coefficient (Wildman–Crippen LogP) is 3.20. The molecule has 0 bridgehead atoms. The summed E-state index contributed by atoms with van der Waals surface area (Å²) >= 11 is 0. The van der Waals surface area contributed by atoms with Gasteiger partial charge in [0.1, 0.15) is 0 Å². The lowest BCUT2D eigenvalue weighted by atomic mass is 9.85. The summed E-state index contributed by atoms with van der Waals surface area (Å²) in [4.78, 5) is 15.0. The fourth-order valence-corrected chi connectivity index (χ4v) is 4.21. The van der Waals surface area contributed by atoms with E-state index < -0.39 is 0 Å². The van der Waals surface area contributed by atoms with Crippen molar-refractivity contribution in [2.45, 2.75) is 70.5 Å². The van der Waals surface area contributed by atoms with E-state index in [0.29, 0.717) is 6.54 Å². The van der Waals surface area contributed by atoms with Crippen molar-refractivity contribution >= 4 is 5.91 Å². The van der Waals surface area contributed by atoms with Crippen LogP contribution in [-0.4, -0.2) is 29.9 Å². The summed E-state index contributed by atoms with van der Waals surface area (Å²) in [7, 11) is 0. The molecule has 1 aliphatic heterocycles. The molecule has 2 aliphatic rings. The fourth-order valence-electron chi connectivity index (χ4n) is 4.21. The molecule has 4 nitrogen and oxygen atoms in total. The van der Waals surface area contributed by atoms with Crippen LogP contribution in [0.15, 0.2) is 24.3 Å². The van der Waals surface area contributed by atoms with Gasteiger partial charge in [0.25, 0.3) is 0 Å². The number of nitrogens with zero attached hydrogens (tertiary/aromatic N) is 1. The second-order valence-electron chi connectivity index (χ2n) is 7.80. The van der Waals surface area contributed by atoms with Crippen molar-refractivity contribution in [2.75, 3.05) is 13.1 Å². The first-order valence-electron chi connectivity index (χ1n) is 10.0. The lowest BCUT2D eigenvalue weighted by Gasteiger charge is -2.26. The minimum absolute atomic E-state index is 0.0986. The first kappa shape index (κ1) is 18.4. The Balaban J connectivity index is 1.56. The van der Waals surface area contributed by atoms with Crippen LogP contribution in [0.25, 0.3) is 0 Å². The monoisotopic (exact) mass is 343 g/mol. The quantitative estimate of drug-likeness (QED) is 0.863. The zero-order chi connectivity index (χ0) is 17.5. The van der Waals surface area contributed by atoms with E-state index in [1.807, 2.05) is 0 Å². The van der Waals surface area contributed by atoms with E-state index in [1.54, 1.807) is 0 Å². The first-order chi connectivity index (χ1) is 12.2. The summed E-state index contributed by atoms with van der Waals surface area (Å²) in [6.07, 6.45) is 9.28. The fraction of sp³-hybridized carbons (Fsp3) is 0.667. The Morgan fingerprint density at radius 3 is 2.48 bits per heavy atom. The van der Waals surface area contributed by atoms with E-state index in [4.69, 9.17) is 5.73 Å². The SMILES string of the molecule is NC1CCCC(C(=O)NCc2ccccc2CN2CCCCCC2)C1. The van der Waals surface area contributed by atoms with Crippen molar-refractivity contribution in [1.82, 2.24) is 10.2 Å². The van der Waals surface area contributed by atoms with Crippen molar-refractivity contribution in [1.29, 1.82) is 0 Å². The molecule has 25 heavy (non-hydrogen) atoms. The van der Waals surface area contributed by atoms with Crippen molar-refractivity contribution in [2.24, 2.45) is 11.7 Å². The van der Waals surface area contributed by atoms with E-state index in [-0.39, 0.29) is 17.9 Å². The van der Waals surface area contributed by atoms with Gasteiger partial charge >= 0.3 is 0 Å². The Kier molecular flexibility index (Phi) is 6.88. The van der Waals surface area contributed by atoms with Crippen LogP contribution in [0.2, 0.25) is 0 Å². The maximum atomic E-state index is 12.5. The highest BCUT2D eigenvalue weighted by molar-refractivity contribution is 5.78. The minimum Gasteiger partial charge on any atom is -0.352 e. The Bertz CT molecular complexity index is 552. The van der Waals surface area contributed by atoms with Crippen molar-refractivity contribution in [3.05, 3.63) is 35.4 Å². The van der Waals surface area contributed by atoms with E-state index in [9.17, 15) is 4.79 Å². The zero-order valence-corrected chi connectivity index (χ0v) is 15.4. The van der Waals surface area contributed by atoms with E-state index in [0.717, 1.165) is 32.2 Å². The lowest BCUT2D eigenvalue weighted by Crippen LogP contribution is -2.37. The normalized spacial score (nSPS) is 25.3. The van der Waals surface area contributed by atoms with Crippen LogP contribution in [0.1, 0.15) is 62.5 Å². The second-order valence-corrected chi connectivity index (χ2v) is 7.80. The number of carbonyl (C=O) groups excluding carboxylic acids is 1. The molecule has 1 saturated carbocycles. The molecule has 0 radical (unpaired) electrons. The van der Waals surface area contributed by atoms with Crippen molar-refractivity contribution in [3.63, 3.8) is 0 Å². The molecule has 2 fully saturated rings. The first-order valence-corrected chi connectivity index (χ1v) is 10.0. The molecule has 3 N–H and O–H groups in total. The molecular weight excluding hydrogens is 310 g/mol. The number of hydrogen-bond donors (Lipinski definition) is 2.